The van der Waals surface area contributed by atoms with Crippen LogP contribution in [0.25, 0.3) is 0 Å². The van der Waals surface area contributed by atoms with Crippen LogP contribution in [0, 0.1) is 10.1 Å². The quantitative estimate of drug-likeness (QED) is 0.599. The Bertz CT molecular complexity index is 528. The highest BCUT2D eigenvalue weighted by atomic mass is 19.3. The molecule has 0 saturated heterocycles. The number of alkyl halides is 2. The Morgan fingerprint density at radius 3 is 2.72 bits per heavy atom. The summed E-state index contributed by atoms with van der Waals surface area (Å²) in [6.07, 6.45) is 0.732. The van der Waals surface area contributed by atoms with E-state index in [1.807, 2.05) is 6.07 Å². The molecule has 0 saturated carbocycles. The Balaban J connectivity index is 2.24. The van der Waals surface area contributed by atoms with Crippen LogP contribution in [0.1, 0.15) is 41.0 Å². The number of rotatable bonds is 2. The van der Waals surface area contributed by atoms with Crippen LogP contribution in [0.15, 0.2) is 6.07 Å². The van der Waals surface area contributed by atoms with Gasteiger partial charge in [-0.1, -0.05) is 6.07 Å². The lowest BCUT2D eigenvalue weighted by atomic mass is 9.94. The molecule has 1 aromatic rings. The first-order chi connectivity index (χ1) is 8.59. The first-order valence-electron chi connectivity index (χ1n) is 6.19. The average molecular weight is 253 g/mol. The summed E-state index contributed by atoms with van der Waals surface area (Å²) in [5.74, 6) is -0.953. The molecule has 0 aromatic heterocycles. The Kier molecular flexibility index (Phi) is 2.57. The molecular weight excluding hydrogens is 240 g/mol. The van der Waals surface area contributed by atoms with Gasteiger partial charge in [0.1, 0.15) is 0 Å². The second-order valence-corrected chi connectivity index (χ2v) is 5.03. The Morgan fingerprint density at radius 1 is 1.28 bits per heavy atom. The molecule has 0 N–H and O–H groups in total. The molecule has 96 valence electrons. The van der Waals surface area contributed by atoms with Crippen molar-refractivity contribution in [1.29, 1.82) is 0 Å². The molecule has 1 aromatic carbocycles. The Labute approximate surface area is 103 Å². The van der Waals surface area contributed by atoms with Crippen molar-refractivity contribution in [3.63, 3.8) is 0 Å². The molecule has 0 radical (unpaired) electrons. The number of benzene rings is 1. The lowest BCUT2D eigenvalue weighted by Crippen LogP contribution is -2.09. The maximum absolute atomic E-state index is 13.0. The van der Waals surface area contributed by atoms with E-state index in [2.05, 4.69) is 0 Å². The highest BCUT2D eigenvalue weighted by Crippen LogP contribution is 2.46. The molecule has 0 bridgehead atoms. The third-order valence-corrected chi connectivity index (χ3v) is 4.08. The largest absolute Gasteiger partial charge is 0.276 e. The van der Waals surface area contributed by atoms with Crippen LogP contribution in [0.2, 0.25) is 0 Å². The van der Waals surface area contributed by atoms with Gasteiger partial charge in [-0.25, -0.2) is 8.78 Å². The van der Waals surface area contributed by atoms with Gasteiger partial charge in [-0.15, -0.1) is 0 Å². The Morgan fingerprint density at radius 2 is 2.06 bits per heavy atom. The van der Waals surface area contributed by atoms with Crippen LogP contribution in [-0.2, 0) is 19.3 Å². The van der Waals surface area contributed by atoms with E-state index >= 15 is 0 Å². The lowest BCUT2D eigenvalue weighted by Gasteiger charge is -2.13. The van der Waals surface area contributed by atoms with Crippen molar-refractivity contribution < 1.29 is 13.7 Å². The topological polar surface area (TPSA) is 43.1 Å². The van der Waals surface area contributed by atoms with Crippen molar-refractivity contribution >= 4 is 5.69 Å². The van der Waals surface area contributed by atoms with Gasteiger partial charge in [-0.3, -0.25) is 10.1 Å². The van der Waals surface area contributed by atoms with E-state index in [1.165, 1.54) is 0 Å². The molecule has 2 aliphatic rings. The second kappa shape index (κ2) is 4.00. The van der Waals surface area contributed by atoms with Crippen LogP contribution in [0.3, 0.4) is 0 Å². The van der Waals surface area contributed by atoms with E-state index in [-0.39, 0.29) is 5.69 Å². The smallest absolute Gasteiger partial charge is 0.258 e. The van der Waals surface area contributed by atoms with E-state index < -0.39 is 17.3 Å². The van der Waals surface area contributed by atoms with Crippen molar-refractivity contribution in [2.45, 2.75) is 44.4 Å². The predicted octanol–water partition coefficient (Wildman–Crippen LogP) is 3.38. The summed E-state index contributed by atoms with van der Waals surface area (Å²) in [6, 6.07) is 1.92. The second-order valence-electron chi connectivity index (χ2n) is 5.03. The SMILES string of the molecule is O=[N+]([O-])c1c2c(cc3c1C(C(F)F)CC3)CCC2. The molecule has 0 heterocycles. The zero-order valence-corrected chi connectivity index (χ0v) is 9.79. The first-order valence-corrected chi connectivity index (χ1v) is 6.19. The number of halogens is 2. The summed E-state index contributed by atoms with van der Waals surface area (Å²) in [4.78, 5) is 10.8. The highest BCUT2D eigenvalue weighted by Gasteiger charge is 2.39. The van der Waals surface area contributed by atoms with Gasteiger partial charge in [0.2, 0.25) is 6.43 Å². The van der Waals surface area contributed by atoms with E-state index in [0.29, 0.717) is 30.4 Å². The number of nitro groups is 1. The van der Waals surface area contributed by atoms with Crippen molar-refractivity contribution in [1.82, 2.24) is 0 Å². The summed E-state index contributed by atoms with van der Waals surface area (Å²) in [5.41, 5.74) is 2.77. The predicted molar refractivity (Wildman–Crippen MR) is 62.2 cm³/mol. The van der Waals surface area contributed by atoms with Crippen molar-refractivity contribution in [3.8, 4) is 0 Å². The van der Waals surface area contributed by atoms with Gasteiger partial charge in [0, 0.05) is 11.1 Å². The summed E-state index contributed by atoms with van der Waals surface area (Å²) < 4.78 is 26.0. The summed E-state index contributed by atoms with van der Waals surface area (Å²) in [6.45, 7) is 0. The zero-order chi connectivity index (χ0) is 12.9. The minimum absolute atomic E-state index is 0.0113. The number of nitro benzene ring substituents is 1. The third-order valence-electron chi connectivity index (χ3n) is 4.08. The van der Waals surface area contributed by atoms with E-state index in [1.54, 1.807) is 0 Å². The van der Waals surface area contributed by atoms with Gasteiger partial charge >= 0.3 is 0 Å². The molecule has 0 spiro atoms. The molecule has 3 nitrogen and oxygen atoms in total. The number of hydrogen-bond donors (Lipinski definition) is 0. The van der Waals surface area contributed by atoms with Gasteiger partial charge in [-0.2, -0.15) is 0 Å². The van der Waals surface area contributed by atoms with Gasteiger partial charge < -0.3 is 0 Å². The first kappa shape index (κ1) is 11.6. The fraction of sp³-hybridized carbons (Fsp3) is 0.538. The normalized spacial score (nSPS) is 21.2. The monoisotopic (exact) mass is 253 g/mol. The summed E-state index contributed by atoms with van der Waals surface area (Å²) >= 11 is 0. The van der Waals surface area contributed by atoms with Gasteiger partial charge in [0.05, 0.1) is 10.8 Å². The van der Waals surface area contributed by atoms with Crippen LogP contribution in [0.4, 0.5) is 14.5 Å². The third kappa shape index (κ3) is 1.53. The van der Waals surface area contributed by atoms with Crippen LogP contribution < -0.4 is 0 Å². The summed E-state index contributed by atoms with van der Waals surface area (Å²) in [7, 11) is 0. The molecule has 0 amide bonds. The van der Waals surface area contributed by atoms with Crippen LogP contribution >= 0.6 is 0 Å². The van der Waals surface area contributed by atoms with Gasteiger partial charge in [0.15, 0.2) is 0 Å². The molecule has 0 aliphatic heterocycles. The number of nitrogens with zero attached hydrogens (tertiary/aromatic N) is 1. The summed E-state index contributed by atoms with van der Waals surface area (Å²) in [5, 5.41) is 11.2. The van der Waals surface area contributed by atoms with Crippen molar-refractivity contribution in [2.24, 2.45) is 0 Å². The van der Waals surface area contributed by atoms with Crippen molar-refractivity contribution in [2.75, 3.05) is 0 Å². The molecule has 5 heteroatoms. The minimum Gasteiger partial charge on any atom is -0.258 e. The fourth-order valence-electron chi connectivity index (χ4n) is 3.34. The van der Waals surface area contributed by atoms with Crippen molar-refractivity contribution in [3.05, 3.63) is 38.4 Å². The number of fused-ring (bicyclic) bond motifs is 2. The molecule has 0 fully saturated rings. The Hall–Kier alpha value is -1.52. The van der Waals surface area contributed by atoms with Crippen LogP contribution in [-0.4, -0.2) is 11.3 Å². The molecule has 18 heavy (non-hydrogen) atoms. The van der Waals surface area contributed by atoms with Crippen LogP contribution in [0.5, 0.6) is 0 Å². The molecule has 3 rings (SSSR count). The van der Waals surface area contributed by atoms with E-state index in [4.69, 9.17) is 0 Å². The molecule has 1 atom stereocenters. The zero-order valence-electron chi connectivity index (χ0n) is 9.79. The number of hydrogen-bond acceptors (Lipinski definition) is 2. The van der Waals surface area contributed by atoms with Gasteiger partial charge in [-0.05, 0) is 43.2 Å². The van der Waals surface area contributed by atoms with Gasteiger partial charge in [0.25, 0.3) is 5.69 Å². The maximum atomic E-state index is 13.0. The number of aryl methyl sites for hydroxylation is 2. The van der Waals surface area contributed by atoms with E-state index in [9.17, 15) is 18.9 Å². The molecule has 1 unspecified atom stereocenters. The maximum Gasteiger partial charge on any atom is 0.276 e. The molecular formula is C13H13F2NO2. The standard InChI is InChI=1S/C13H13F2NO2/c14-13(15)10-5-4-8-6-7-2-1-3-9(7)12(11(8)10)16(17)18/h6,10,13H,1-5H2. The van der Waals surface area contributed by atoms with E-state index in [0.717, 1.165) is 24.0 Å². The highest BCUT2D eigenvalue weighted by molar-refractivity contribution is 5.60. The average Bonchev–Trinajstić information content (AvgIpc) is 2.89. The fourth-order valence-corrected chi connectivity index (χ4v) is 3.34. The minimum atomic E-state index is -2.51. The lowest BCUT2D eigenvalue weighted by molar-refractivity contribution is -0.386. The molecule has 2 aliphatic carbocycles.